The summed E-state index contributed by atoms with van der Waals surface area (Å²) in [6, 6.07) is 10.5. The summed E-state index contributed by atoms with van der Waals surface area (Å²) in [4.78, 5) is 11.5. The maximum atomic E-state index is 11.5. The van der Waals surface area contributed by atoms with E-state index in [1.165, 1.54) is 13.2 Å². The number of hydrogen-bond donors (Lipinski definition) is 1. The summed E-state index contributed by atoms with van der Waals surface area (Å²) in [5.74, 6) is -0.653. The van der Waals surface area contributed by atoms with Gasteiger partial charge in [-0.1, -0.05) is 53.0 Å². The fraction of sp³-hybridized carbons (Fsp3) is 0.118. The van der Waals surface area contributed by atoms with Gasteiger partial charge < -0.3 is 9.84 Å². The van der Waals surface area contributed by atoms with Crippen molar-refractivity contribution in [2.45, 2.75) is 6.92 Å². The van der Waals surface area contributed by atoms with Crippen LogP contribution in [-0.4, -0.2) is 18.2 Å². The van der Waals surface area contributed by atoms with E-state index in [0.717, 1.165) is 5.56 Å². The highest BCUT2D eigenvalue weighted by molar-refractivity contribution is 6.37. The molecule has 0 unspecified atom stereocenters. The monoisotopic (exact) mass is 336 g/mol. The Morgan fingerprint density at radius 2 is 1.68 bits per heavy atom. The Labute approximate surface area is 138 Å². The van der Waals surface area contributed by atoms with Gasteiger partial charge >= 0.3 is 5.97 Å². The standard InChI is InChI=1S/C17H14Cl2O3/c1-10-3-5-12(6-4-10)13(17(20)21)7-11-8-14(18)16(22-2)15(19)9-11/h3-9H,1-2H3,(H,20,21)/b13-7-. The van der Waals surface area contributed by atoms with Crippen molar-refractivity contribution < 1.29 is 14.6 Å². The van der Waals surface area contributed by atoms with Crippen molar-refractivity contribution in [1.29, 1.82) is 0 Å². The highest BCUT2D eigenvalue weighted by Crippen LogP contribution is 2.35. The first-order valence-electron chi connectivity index (χ1n) is 6.47. The van der Waals surface area contributed by atoms with Gasteiger partial charge in [0, 0.05) is 0 Å². The number of methoxy groups -OCH3 is 1. The van der Waals surface area contributed by atoms with Gasteiger partial charge in [-0.25, -0.2) is 4.79 Å². The molecule has 0 saturated heterocycles. The number of benzene rings is 2. The van der Waals surface area contributed by atoms with Gasteiger partial charge in [0.05, 0.1) is 22.7 Å². The average molecular weight is 337 g/mol. The predicted molar refractivity (Wildman–Crippen MR) is 89.7 cm³/mol. The molecule has 0 aromatic heterocycles. The summed E-state index contributed by atoms with van der Waals surface area (Å²) >= 11 is 12.2. The topological polar surface area (TPSA) is 46.5 Å². The Bertz CT molecular complexity index is 711. The van der Waals surface area contributed by atoms with Crippen LogP contribution in [0.3, 0.4) is 0 Å². The van der Waals surface area contributed by atoms with E-state index in [2.05, 4.69) is 0 Å². The molecule has 2 aromatic carbocycles. The molecule has 2 aromatic rings. The molecule has 0 heterocycles. The molecule has 5 heteroatoms. The van der Waals surface area contributed by atoms with Crippen LogP contribution in [0.25, 0.3) is 11.6 Å². The van der Waals surface area contributed by atoms with Crippen LogP contribution >= 0.6 is 23.2 Å². The van der Waals surface area contributed by atoms with Gasteiger partial charge in [0.15, 0.2) is 5.75 Å². The maximum absolute atomic E-state index is 11.5. The summed E-state index contributed by atoms with van der Waals surface area (Å²) < 4.78 is 5.08. The lowest BCUT2D eigenvalue weighted by atomic mass is 10.0. The Morgan fingerprint density at radius 1 is 1.14 bits per heavy atom. The number of hydrogen-bond acceptors (Lipinski definition) is 2. The second-order valence-corrected chi connectivity index (χ2v) is 5.56. The van der Waals surface area contributed by atoms with E-state index >= 15 is 0 Å². The fourth-order valence-electron chi connectivity index (χ4n) is 2.03. The average Bonchev–Trinajstić information content (AvgIpc) is 2.45. The molecule has 114 valence electrons. The third-order valence-electron chi connectivity index (χ3n) is 3.13. The molecule has 0 radical (unpaired) electrons. The third kappa shape index (κ3) is 3.62. The largest absolute Gasteiger partial charge is 0.494 e. The number of aryl methyl sites for hydroxylation is 1. The van der Waals surface area contributed by atoms with E-state index in [-0.39, 0.29) is 5.57 Å². The normalized spacial score (nSPS) is 11.4. The predicted octanol–water partition coefficient (Wildman–Crippen LogP) is 4.94. The summed E-state index contributed by atoms with van der Waals surface area (Å²) in [5.41, 5.74) is 2.43. The van der Waals surface area contributed by atoms with Crippen molar-refractivity contribution in [2.24, 2.45) is 0 Å². The van der Waals surface area contributed by atoms with E-state index < -0.39 is 5.97 Å². The quantitative estimate of drug-likeness (QED) is 0.635. The number of carboxylic acids is 1. The molecule has 0 aliphatic carbocycles. The molecule has 0 atom stereocenters. The van der Waals surface area contributed by atoms with Gasteiger partial charge in [0.25, 0.3) is 0 Å². The number of rotatable bonds is 4. The van der Waals surface area contributed by atoms with Crippen LogP contribution in [0.2, 0.25) is 10.0 Å². The molecule has 0 saturated carbocycles. The van der Waals surface area contributed by atoms with Gasteiger partial charge in [0.1, 0.15) is 0 Å². The lowest BCUT2D eigenvalue weighted by Gasteiger charge is -2.08. The van der Waals surface area contributed by atoms with Crippen molar-refractivity contribution in [3.05, 3.63) is 63.1 Å². The van der Waals surface area contributed by atoms with Gasteiger partial charge in [0.2, 0.25) is 0 Å². The Kier molecular flexibility index (Phi) is 5.11. The van der Waals surface area contributed by atoms with Crippen LogP contribution < -0.4 is 4.74 Å². The zero-order chi connectivity index (χ0) is 16.3. The van der Waals surface area contributed by atoms with Gasteiger partial charge in [-0.05, 0) is 36.3 Å². The molecule has 0 spiro atoms. The molecule has 1 N–H and O–H groups in total. The molecule has 22 heavy (non-hydrogen) atoms. The lowest BCUT2D eigenvalue weighted by molar-refractivity contribution is -0.130. The molecular weight excluding hydrogens is 323 g/mol. The van der Waals surface area contributed by atoms with Crippen molar-refractivity contribution in [1.82, 2.24) is 0 Å². The molecule has 0 aliphatic heterocycles. The minimum absolute atomic E-state index is 0.164. The first-order chi connectivity index (χ1) is 10.4. The van der Waals surface area contributed by atoms with Gasteiger partial charge in [-0.15, -0.1) is 0 Å². The highest BCUT2D eigenvalue weighted by Gasteiger charge is 2.13. The zero-order valence-corrected chi connectivity index (χ0v) is 13.6. The van der Waals surface area contributed by atoms with Crippen LogP contribution in [0.5, 0.6) is 5.75 Å². The lowest BCUT2D eigenvalue weighted by Crippen LogP contribution is -1.99. The third-order valence-corrected chi connectivity index (χ3v) is 3.69. The Morgan fingerprint density at radius 3 is 2.14 bits per heavy atom. The summed E-state index contributed by atoms with van der Waals surface area (Å²) in [5, 5.41) is 10.1. The minimum Gasteiger partial charge on any atom is -0.494 e. The van der Waals surface area contributed by atoms with Crippen molar-refractivity contribution in [3.63, 3.8) is 0 Å². The van der Waals surface area contributed by atoms with Crippen LogP contribution in [-0.2, 0) is 4.79 Å². The number of carbonyl (C=O) groups is 1. The first kappa shape index (κ1) is 16.4. The van der Waals surface area contributed by atoms with Crippen LogP contribution in [0.4, 0.5) is 0 Å². The molecular formula is C17H14Cl2O3. The van der Waals surface area contributed by atoms with Crippen LogP contribution in [0.1, 0.15) is 16.7 Å². The molecule has 0 amide bonds. The maximum Gasteiger partial charge on any atom is 0.336 e. The highest BCUT2D eigenvalue weighted by atomic mass is 35.5. The van der Waals surface area contributed by atoms with Crippen molar-refractivity contribution >= 4 is 40.8 Å². The number of ether oxygens (including phenoxy) is 1. The summed E-state index contributed by atoms with van der Waals surface area (Å²) in [6.45, 7) is 1.94. The molecule has 0 bridgehead atoms. The summed E-state index contributed by atoms with van der Waals surface area (Å²) in [6.07, 6.45) is 1.53. The Hall–Kier alpha value is -1.97. The van der Waals surface area contributed by atoms with Crippen LogP contribution in [0, 0.1) is 6.92 Å². The van der Waals surface area contributed by atoms with E-state index in [9.17, 15) is 9.90 Å². The van der Waals surface area contributed by atoms with Gasteiger partial charge in [-0.3, -0.25) is 0 Å². The van der Waals surface area contributed by atoms with E-state index in [0.29, 0.717) is 26.9 Å². The number of carboxylic acid groups (broad SMARTS) is 1. The number of halogens is 2. The van der Waals surface area contributed by atoms with Crippen molar-refractivity contribution in [3.8, 4) is 5.75 Å². The molecule has 2 rings (SSSR count). The first-order valence-corrected chi connectivity index (χ1v) is 7.23. The van der Waals surface area contributed by atoms with E-state index in [4.69, 9.17) is 27.9 Å². The minimum atomic E-state index is -1.02. The van der Waals surface area contributed by atoms with Crippen molar-refractivity contribution in [2.75, 3.05) is 7.11 Å². The second-order valence-electron chi connectivity index (χ2n) is 4.75. The summed E-state index contributed by atoms with van der Waals surface area (Å²) in [7, 11) is 1.47. The van der Waals surface area contributed by atoms with E-state index in [1.54, 1.807) is 24.3 Å². The fourth-order valence-corrected chi connectivity index (χ4v) is 2.68. The van der Waals surface area contributed by atoms with Crippen LogP contribution in [0.15, 0.2) is 36.4 Å². The van der Waals surface area contributed by atoms with E-state index in [1.807, 2.05) is 19.1 Å². The molecule has 0 fully saturated rings. The zero-order valence-electron chi connectivity index (χ0n) is 12.1. The smallest absolute Gasteiger partial charge is 0.336 e. The number of aliphatic carboxylic acids is 1. The SMILES string of the molecule is COc1c(Cl)cc(/C=C(\C(=O)O)c2ccc(C)cc2)cc1Cl. The molecule has 0 aliphatic rings. The van der Waals surface area contributed by atoms with Gasteiger partial charge in [-0.2, -0.15) is 0 Å². The Balaban J connectivity index is 2.51. The second kappa shape index (κ2) is 6.86. The molecule has 3 nitrogen and oxygen atoms in total.